The zero-order valence-corrected chi connectivity index (χ0v) is 9.78. The number of carbonyl (C=O) groups excluding carboxylic acids is 1. The van der Waals surface area contributed by atoms with Crippen LogP contribution in [0.15, 0.2) is 0 Å². The minimum atomic E-state index is -0.852. The fraction of sp³-hybridized carbons (Fsp3) is 0.900. The van der Waals surface area contributed by atoms with Gasteiger partial charge in [0.2, 0.25) is 0 Å². The molecule has 0 atom stereocenters. The quantitative estimate of drug-likeness (QED) is 0.350. The highest BCUT2D eigenvalue weighted by atomic mass is 16.2. The Kier molecular flexibility index (Phi) is 7.07. The third-order valence-electron chi connectivity index (χ3n) is 2.85. The lowest BCUT2D eigenvalue weighted by Gasteiger charge is -2.24. The summed E-state index contributed by atoms with van der Waals surface area (Å²) >= 11 is 0. The van der Waals surface area contributed by atoms with Crippen molar-refractivity contribution in [3.8, 4) is 0 Å². The van der Waals surface area contributed by atoms with Crippen LogP contribution in [-0.2, 0) is 0 Å². The molecule has 0 saturated heterocycles. The van der Waals surface area contributed by atoms with Crippen molar-refractivity contribution in [3.63, 3.8) is 0 Å². The molecular weight excluding hydrogens is 192 g/mol. The van der Waals surface area contributed by atoms with E-state index in [4.69, 9.17) is 0 Å². The number of nitrogens with two attached hydrogens (primary N) is 3. The van der Waals surface area contributed by atoms with Gasteiger partial charge in [0, 0.05) is 0 Å². The summed E-state index contributed by atoms with van der Waals surface area (Å²) in [7, 11) is 0. The van der Waals surface area contributed by atoms with Gasteiger partial charge in [-0.1, -0.05) is 46.0 Å². The van der Waals surface area contributed by atoms with Crippen molar-refractivity contribution >= 4 is 6.03 Å². The third kappa shape index (κ3) is 7.16. The smallest absolute Gasteiger partial charge is 0.343 e. The highest BCUT2D eigenvalue weighted by Gasteiger charge is 2.15. The first-order valence-electron chi connectivity index (χ1n) is 5.54. The van der Waals surface area contributed by atoms with Crippen LogP contribution in [0.5, 0.6) is 0 Å². The monoisotopic (exact) mass is 216 g/mol. The summed E-state index contributed by atoms with van der Waals surface area (Å²) in [6.45, 7) is 4.71. The van der Waals surface area contributed by atoms with E-state index in [1.165, 1.54) is 32.1 Å². The number of rotatable bonds is 1. The van der Waals surface area contributed by atoms with Crippen LogP contribution >= 0.6 is 0 Å². The summed E-state index contributed by atoms with van der Waals surface area (Å²) in [6.07, 6.45) is 7.46. The molecule has 0 aliphatic heterocycles. The number of hydrogen-bond donors (Lipinski definition) is 3. The van der Waals surface area contributed by atoms with Crippen molar-refractivity contribution in [1.29, 1.82) is 0 Å². The second-order valence-electron chi connectivity index (χ2n) is 4.39. The third-order valence-corrected chi connectivity index (χ3v) is 2.85. The molecule has 0 bridgehead atoms. The predicted octanol–water partition coefficient (Wildman–Crippen LogP) is 1.34. The van der Waals surface area contributed by atoms with Gasteiger partial charge in [-0.05, 0) is 11.8 Å². The average Bonchev–Trinajstić information content (AvgIpc) is 2.20. The van der Waals surface area contributed by atoms with Crippen LogP contribution in [0.2, 0.25) is 0 Å². The number of carbonyl (C=O) groups is 1. The molecule has 1 saturated carbocycles. The van der Waals surface area contributed by atoms with Crippen LogP contribution in [0.25, 0.3) is 0 Å². The minimum Gasteiger partial charge on any atom is -0.349 e. The normalized spacial score (nSPS) is 16.9. The Balaban J connectivity index is 0.000000288. The van der Waals surface area contributed by atoms with Gasteiger partial charge in [-0.3, -0.25) is 0 Å². The molecule has 1 aliphatic rings. The number of hydrazine groups is 2. The Morgan fingerprint density at radius 3 is 1.80 bits per heavy atom. The van der Waals surface area contributed by atoms with E-state index in [2.05, 4.69) is 31.3 Å². The van der Waals surface area contributed by atoms with Crippen molar-refractivity contribution in [2.24, 2.45) is 29.3 Å². The van der Waals surface area contributed by atoms with Gasteiger partial charge in [0.05, 0.1) is 0 Å². The SMILES string of the molecule is CC(C)C1CCCCC1.NC(=O)N(N)N. The molecule has 0 aromatic carbocycles. The first-order chi connectivity index (χ1) is 6.95. The van der Waals surface area contributed by atoms with Gasteiger partial charge < -0.3 is 5.73 Å². The average molecular weight is 216 g/mol. The lowest BCUT2D eigenvalue weighted by atomic mass is 9.82. The molecule has 1 aliphatic carbocycles. The molecule has 0 heterocycles. The largest absolute Gasteiger partial charge is 0.349 e. The van der Waals surface area contributed by atoms with Gasteiger partial charge in [0.15, 0.2) is 0 Å². The first kappa shape index (κ1) is 14.2. The zero-order chi connectivity index (χ0) is 11.8. The fourth-order valence-electron chi connectivity index (χ4n) is 1.80. The van der Waals surface area contributed by atoms with Crippen LogP contribution in [-0.4, -0.2) is 11.1 Å². The number of nitrogens with zero attached hydrogens (tertiary/aromatic N) is 1. The maximum Gasteiger partial charge on any atom is 0.343 e. The molecule has 5 nitrogen and oxygen atoms in total. The van der Waals surface area contributed by atoms with Gasteiger partial charge >= 0.3 is 6.03 Å². The summed E-state index contributed by atoms with van der Waals surface area (Å²) in [4.78, 5) is 9.60. The molecule has 1 fully saturated rings. The molecule has 0 unspecified atom stereocenters. The maximum absolute atomic E-state index is 9.60. The van der Waals surface area contributed by atoms with Crippen LogP contribution in [0, 0.1) is 11.8 Å². The van der Waals surface area contributed by atoms with Crippen molar-refractivity contribution < 1.29 is 4.79 Å². The highest BCUT2D eigenvalue weighted by Crippen LogP contribution is 2.29. The Bertz CT molecular complexity index is 176. The number of hydrogen-bond acceptors (Lipinski definition) is 3. The standard InChI is InChI=1S/C9H18.CH6N4O/c1-8(2)9-6-4-3-5-7-9;2-1(6)5(3)4/h8-9H,3-7H2,1-2H3;3-4H2,(H2,2,6). The summed E-state index contributed by atoms with van der Waals surface area (Å²) in [5, 5.41) is 0.306. The number of urea groups is 1. The molecule has 0 aromatic heterocycles. The van der Waals surface area contributed by atoms with Crippen molar-refractivity contribution in [2.45, 2.75) is 46.0 Å². The molecule has 0 aromatic rings. The van der Waals surface area contributed by atoms with Gasteiger partial charge in [-0.2, -0.15) is 5.12 Å². The second-order valence-corrected chi connectivity index (χ2v) is 4.39. The van der Waals surface area contributed by atoms with Gasteiger partial charge in [-0.25, -0.2) is 16.5 Å². The van der Waals surface area contributed by atoms with E-state index >= 15 is 0 Å². The molecule has 0 radical (unpaired) electrons. The van der Waals surface area contributed by atoms with E-state index in [0.717, 1.165) is 11.8 Å². The Hall–Kier alpha value is -0.810. The van der Waals surface area contributed by atoms with E-state index < -0.39 is 6.03 Å². The predicted molar refractivity (Wildman–Crippen MR) is 61.2 cm³/mol. The van der Waals surface area contributed by atoms with Crippen LogP contribution in [0.4, 0.5) is 4.79 Å². The Morgan fingerprint density at radius 1 is 1.20 bits per heavy atom. The topological polar surface area (TPSA) is 98.4 Å². The molecule has 90 valence electrons. The second kappa shape index (κ2) is 7.48. The summed E-state index contributed by atoms with van der Waals surface area (Å²) in [5.41, 5.74) is 4.47. The Morgan fingerprint density at radius 2 is 1.60 bits per heavy atom. The molecular formula is C10H24N4O. The van der Waals surface area contributed by atoms with Gasteiger partial charge in [-0.15, -0.1) is 0 Å². The number of primary amides is 1. The molecule has 2 amide bonds. The minimum absolute atomic E-state index is 0.306. The highest BCUT2D eigenvalue weighted by molar-refractivity contribution is 5.70. The molecule has 15 heavy (non-hydrogen) atoms. The van der Waals surface area contributed by atoms with Crippen LogP contribution < -0.4 is 17.4 Å². The van der Waals surface area contributed by atoms with Gasteiger partial charge in [0.1, 0.15) is 0 Å². The summed E-state index contributed by atoms with van der Waals surface area (Å²) in [5.74, 6) is 11.1. The van der Waals surface area contributed by atoms with E-state index in [0.29, 0.717) is 5.12 Å². The Labute approximate surface area is 91.9 Å². The lowest BCUT2D eigenvalue weighted by molar-refractivity contribution is 0.210. The lowest BCUT2D eigenvalue weighted by Crippen LogP contribution is -2.46. The summed E-state index contributed by atoms with van der Waals surface area (Å²) < 4.78 is 0. The zero-order valence-electron chi connectivity index (χ0n) is 9.78. The van der Waals surface area contributed by atoms with E-state index in [-0.39, 0.29) is 0 Å². The van der Waals surface area contributed by atoms with Crippen molar-refractivity contribution in [2.75, 3.05) is 0 Å². The van der Waals surface area contributed by atoms with Crippen LogP contribution in [0.3, 0.4) is 0 Å². The van der Waals surface area contributed by atoms with E-state index in [1.54, 1.807) is 0 Å². The van der Waals surface area contributed by atoms with E-state index in [1.807, 2.05) is 0 Å². The molecule has 5 heteroatoms. The maximum atomic E-state index is 9.60. The van der Waals surface area contributed by atoms with Crippen molar-refractivity contribution in [3.05, 3.63) is 0 Å². The van der Waals surface area contributed by atoms with Crippen LogP contribution in [0.1, 0.15) is 46.0 Å². The van der Waals surface area contributed by atoms with E-state index in [9.17, 15) is 4.79 Å². The fourth-order valence-corrected chi connectivity index (χ4v) is 1.80. The number of amides is 2. The molecule has 0 spiro atoms. The summed E-state index contributed by atoms with van der Waals surface area (Å²) in [6, 6.07) is -0.852. The van der Waals surface area contributed by atoms with Gasteiger partial charge in [0.25, 0.3) is 0 Å². The molecule has 6 N–H and O–H groups in total. The van der Waals surface area contributed by atoms with Crippen molar-refractivity contribution in [1.82, 2.24) is 5.12 Å². The first-order valence-corrected chi connectivity index (χ1v) is 5.54. The molecule has 1 rings (SSSR count).